The number of rotatable bonds is 1. The number of nitrogens with one attached hydrogen (secondary N) is 2. The molecule has 0 unspecified atom stereocenters. The summed E-state index contributed by atoms with van der Waals surface area (Å²) in [5, 5.41) is 7.52. The van der Waals surface area contributed by atoms with Crippen LogP contribution in [0.2, 0.25) is 0 Å². The van der Waals surface area contributed by atoms with Crippen LogP contribution < -0.4 is 28.1 Å². The number of hydrogen-bond acceptors (Lipinski definition) is 4. The molecule has 0 aromatic carbocycles. The average molecular weight is 291 g/mol. The molecule has 0 bridgehead atoms. The third-order valence-electron chi connectivity index (χ3n) is 3.18. The highest BCUT2D eigenvalue weighted by Gasteiger charge is 2.38. The van der Waals surface area contributed by atoms with Gasteiger partial charge < -0.3 is 17.7 Å². The van der Waals surface area contributed by atoms with Gasteiger partial charge in [0.2, 0.25) is 17.5 Å². The maximum Gasteiger partial charge on any atom is 0.245 e. The van der Waals surface area contributed by atoms with Crippen LogP contribution in [-0.4, -0.2) is 28.2 Å². The van der Waals surface area contributed by atoms with Crippen LogP contribution in [0.15, 0.2) is 18.7 Å². The van der Waals surface area contributed by atoms with E-state index in [1.54, 1.807) is 6.20 Å². The van der Waals surface area contributed by atoms with Gasteiger partial charge in [0, 0.05) is 32.1 Å². The molecule has 0 amide bonds. The quantitative estimate of drug-likeness (QED) is 0.480. The van der Waals surface area contributed by atoms with Gasteiger partial charge in [0.25, 0.3) is 0 Å². The standard InChI is InChI=1S/C10H14N6.2ClH/c11-10(1-3-12-4-2-10)16-6-8-5-13-7-14-9(8)15-16;;/h5-7,12H,1-4,11H2;2*1H. The Hall–Kier alpha value is -0.950. The van der Waals surface area contributed by atoms with Gasteiger partial charge in [-0.25, -0.2) is 9.97 Å². The molecule has 0 spiro atoms. The fourth-order valence-corrected chi connectivity index (χ4v) is 2.15. The molecule has 2 aromatic rings. The molecule has 0 atom stereocenters. The Balaban J connectivity index is 0.000000810. The second-order valence-electron chi connectivity index (χ2n) is 4.29. The van der Waals surface area contributed by atoms with Crippen molar-refractivity contribution in [3.05, 3.63) is 18.7 Å². The van der Waals surface area contributed by atoms with Gasteiger partial charge in [0.15, 0.2) is 0 Å². The van der Waals surface area contributed by atoms with Crippen molar-refractivity contribution in [2.24, 2.45) is 5.73 Å². The molecule has 6 nitrogen and oxygen atoms in total. The van der Waals surface area contributed by atoms with Gasteiger partial charge in [0.1, 0.15) is 11.7 Å². The molecule has 1 fully saturated rings. The lowest BCUT2D eigenvalue weighted by Crippen LogP contribution is -3.00. The Morgan fingerprint density at radius 2 is 2.06 bits per heavy atom. The maximum absolute atomic E-state index is 6.39. The molecule has 1 saturated heterocycles. The van der Waals surface area contributed by atoms with E-state index in [-0.39, 0.29) is 30.5 Å². The Labute approximate surface area is 117 Å². The smallest absolute Gasteiger partial charge is 0.245 e. The summed E-state index contributed by atoms with van der Waals surface area (Å²) in [6.07, 6.45) is 7.14. The number of nitrogens with two attached hydrogens (primary N) is 1. The van der Waals surface area contributed by atoms with Crippen molar-refractivity contribution in [2.75, 3.05) is 13.1 Å². The summed E-state index contributed by atoms with van der Waals surface area (Å²) in [5.41, 5.74) is 6.89. The molecule has 100 valence electrons. The molecule has 3 rings (SSSR count). The van der Waals surface area contributed by atoms with E-state index < -0.39 is 0 Å². The van der Waals surface area contributed by atoms with Gasteiger partial charge >= 0.3 is 0 Å². The SMILES string of the molecule is Cl.NC1([n+]2cc3cncnc3[nH]2)CCNCC1.[Cl-]. The minimum absolute atomic E-state index is 0. The van der Waals surface area contributed by atoms with Crippen molar-refractivity contribution in [3.63, 3.8) is 0 Å². The molecule has 8 heteroatoms. The first kappa shape index (κ1) is 15.1. The highest BCUT2D eigenvalue weighted by molar-refractivity contribution is 5.85. The van der Waals surface area contributed by atoms with E-state index in [1.165, 1.54) is 6.33 Å². The minimum atomic E-state index is -0.327. The van der Waals surface area contributed by atoms with Crippen LogP contribution in [0.1, 0.15) is 12.8 Å². The first-order chi connectivity index (χ1) is 7.78. The number of aromatic amines is 1. The zero-order valence-corrected chi connectivity index (χ0v) is 11.3. The van der Waals surface area contributed by atoms with Crippen LogP contribution in [0, 0.1) is 0 Å². The molecule has 0 aliphatic carbocycles. The molecule has 0 saturated carbocycles. The topological polar surface area (TPSA) is 83.5 Å². The molecule has 0 radical (unpaired) electrons. The van der Waals surface area contributed by atoms with Crippen LogP contribution >= 0.6 is 12.4 Å². The van der Waals surface area contributed by atoms with E-state index in [9.17, 15) is 0 Å². The fraction of sp³-hybridized carbons (Fsp3) is 0.500. The van der Waals surface area contributed by atoms with Gasteiger partial charge in [-0.15, -0.1) is 17.5 Å². The van der Waals surface area contributed by atoms with E-state index >= 15 is 0 Å². The Kier molecular flexibility index (Phi) is 4.86. The number of halogens is 2. The minimum Gasteiger partial charge on any atom is -1.00 e. The summed E-state index contributed by atoms with van der Waals surface area (Å²) in [6, 6.07) is 0. The normalized spacial score (nSPS) is 17.8. The average Bonchev–Trinajstić information content (AvgIpc) is 2.74. The summed E-state index contributed by atoms with van der Waals surface area (Å²) in [4.78, 5) is 8.17. The first-order valence-electron chi connectivity index (χ1n) is 5.48. The predicted molar refractivity (Wildman–Crippen MR) is 65.6 cm³/mol. The van der Waals surface area contributed by atoms with E-state index in [2.05, 4.69) is 20.4 Å². The number of aromatic nitrogens is 4. The Morgan fingerprint density at radius 1 is 1.33 bits per heavy atom. The second kappa shape index (κ2) is 5.79. The van der Waals surface area contributed by atoms with Gasteiger partial charge in [-0.2, -0.15) is 0 Å². The van der Waals surface area contributed by atoms with Crippen LogP contribution in [0.25, 0.3) is 11.0 Å². The van der Waals surface area contributed by atoms with Crippen molar-refractivity contribution in [3.8, 4) is 0 Å². The van der Waals surface area contributed by atoms with E-state index in [4.69, 9.17) is 5.73 Å². The van der Waals surface area contributed by atoms with Crippen LogP contribution in [0.5, 0.6) is 0 Å². The summed E-state index contributed by atoms with van der Waals surface area (Å²) in [7, 11) is 0. The van der Waals surface area contributed by atoms with Crippen LogP contribution in [-0.2, 0) is 5.66 Å². The molecular weight excluding hydrogens is 275 g/mol. The highest BCUT2D eigenvalue weighted by Crippen LogP contribution is 2.15. The number of fused-ring (bicyclic) bond motifs is 1. The Bertz CT molecular complexity index is 475. The predicted octanol–water partition coefficient (Wildman–Crippen LogP) is -3.33. The molecule has 4 N–H and O–H groups in total. The monoisotopic (exact) mass is 290 g/mol. The first-order valence-corrected chi connectivity index (χ1v) is 5.48. The van der Waals surface area contributed by atoms with Gasteiger partial charge in [-0.3, -0.25) is 5.73 Å². The molecule has 2 aromatic heterocycles. The molecule has 18 heavy (non-hydrogen) atoms. The number of H-pyrrole nitrogens is 1. The van der Waals surface area contributed by atoms with Crippen molar-refractivity contribution < 1.29 is 17.1 Å². The molecule has 1 aliphatic rings. The van der Waals surface area contributed by atoms with Crippen molar-refractivity contribution in [2.45, 2.75) is 18.5 Å². The van der Waals surface area contributed by atoms with Crippen LogP contribution in [0.4, 0.5) is 0 Å². The lowest BCUT2D eigenvalue weighted by Gasteiger charge is -2.26. The largest absolute Gasteiger partial charge is 1.00 e. The molecular formula is C10H16Cl2N6. The zero-order valence-electron chi connectivity index (χ0n) is 9.77. The summed E-state index contributed by atoms with van der Waals surface area (Å²) >= 11 is 0. The van der Waals surface area contributed by atoms with Crippen LogP contribution in [0.3, 0.4) is 0 Å². The zero-order chi connectivity index (χ0) is 11.0. The van der Waals surface area contributed by atoms with Crippen molar-refractivity contribution >= 4 is 23.4 Å². The van der Waals surface area contributed by atoms with Crippen molar-refractivity contribution in [1.82, 2.24) is 20.4 Å². The maximum atomic E-state index is 6.39. The highest BCUT2D eigenvalue weighted by atomic mass is 35.5. The van der Waals surface area contributed by atoms with E-state index in [0.717, 1.165) is 37.0 Å². The van der Waals surface area contributed by atoms with E-state index in [0.29, 0.717) is 0 Å². The summed E-state index contributed by atoms with van der Waals surface area (Å²) in [5.74, 6) is 0. The number of nitrogens with zero attached hydrogens (tertiary/aromatic N) is 3. The lowest BCUT2D eigenvalue weighted by atomic mass is 10.00. The molecule has 3 heterocycles. The lowest BCUT2D eigenvalue weighted by molar-refractivity contribution is -0.812. The van der Waals surface area contributed by atoms with Gasteiger partial charge in [0.05, 0.1) is 0 Å². The third-order valence-corrected chi connectivity index (χ3v) is 3.18. The van der Waals surface area contributed by atoms with E-state index in [1.807, 2.05) is 10.9 Å². The Morgan fingerprint density at radius 3 is 2.72 bits per heavy atom. The summed E-state index contributed by atoms with van der Waals surface area (Å²) < 4.78 is 1.97. The molecule has 1 aliphatic heterocycles. The van der Waals surface area contributed by atoms with Gasteiger partial charge in [-0.05, 0) is 0 Å². The fourth-order valence-electron chi connectivity index (χ4n) is 2.15. The number of hydrogen-bond donors (Lipinski definition) is 3. The third kappa shape index (κ3) is 2.56. The summed E-state index contributed by atoms with van der Waals surface area (Å²) in [6.45, 7) is 1.90. The van der Waals surface area contributed by atoms with Crippen molar-refractivity contribution in [1.29, 1.82) is 0 Å². The number of piperidine rings is 1. The second-order valence-corrected chi connectivity index (χ2v) is 4.29. The van der Waals surface area contributed by atoms with Gasteiger partial charge in [-0.1, -0.05) is 4.68 Å².